The fraction of sp³-hybridized carbons (Fsp3) is 0.400. The van der Waals surface area contributed by atoms with Gasteiger partial charge in [0.15, 0.2) is 5.43 Å². The first-order chi connectivity index (χ1) is 7.75. The number of nitrogens with one attached hydrogen (secondary N) is 2. The van der Waals surface area contributed by atoms with Gasteiger partial charge in [-0.1, -0.05) is 15.9 Å². The highest BCUT2D eigenvalue weighted by atomic mass is 79.9. The lowest BCUT2D eigenvalue weighted by Gasteiger charge is -2.04. The monoisotopic (exact) mass is 288 g/mol. The molecule has 5 nitrogen and oxygen atoms in total. The number of H-pyrrole nitrogens is 1. The lowest BCUT2D eigenvalue weighted by atomic mass is 10.2. The number of alkyl halides is 1. The number of pyridine rings is 1. The molecule has 1 amide bonds. The minimum absolute atomic E-state index is 0.114. The molecule has 0 aromatic carbocycles. The Morgan fingerprint density at radius 1 is 1.50 bits per heavy atom. The summed E-state index contributed by atoms with van der Waals surface area (Å²) in [7, 11) is 0. The first-order valence-corrected chi connectivity index (χ1v) is 5.97. The van der Waals surface area contributed by atoms with Crippen LogP contribution in [0.3, 0.4) is 0 Å². The molecule has 0 aliphatic rings. The number of carbonyl (C=O) groups is 1. The van der Waals surface area contributed by atoms with Crippen LogP contribution in [-0.4, -0.2) is 36.0 Å². The number of rotatable bonds is 6. The van der Waals surface area contributed by atoms with Gasteiger partial charge < -0.3 is 15.0 Å². The quantitative estimate of drug-likeness (QED) is 0.592. The number of carbonyl (C=O) groups excluding carboxylic acids is 1. The zero-order valence-electron chi connectivity index (χ0n) is 8.66. The minimum atomic E-state index is -0.385. The van der Waals surface area contributed by atoms with E-state index in [0.29, 0.717) is 19.8 Å². The van der Waals surface area contributed by atoms with Gasteiger partial charge in [0.1, 0.15) is 5.56 Å². The Hall–Kier alpha value is -1.14. The van der Waals surface area contributed by atoms with Crippen LogP contribution in [0.1, 0.15) is 10.4 Å². The van der Waals surface area contributed by atoms with E-state index in [-0.39, 0.29) is 16.9 Å². The molecule has 0 bridgehead atoms. The topological polar surface area (TPSA) is 71.2 Å². The van der Waals surface area contributed by atoms with Crippen molar-refractivity contribution >= 4 is 21.8 Å². The second-order valence-corrected chi connectivity index (χ2v) is 3.77. The molecule has 0 spiro atoms. The van der Waals surface area contributed by atoms with E-state index in [4.69, 9.17) is 4.74 Å². The fourth-order valence-electron chi connectivity index (χ4n) is 1.08. The highest BCUT2D eigenvalue weighted by Crippen LogP contribution is 1.87. The Morgan fingerprint density at radius 2 is 2.31 bits per heavy atom. The number of hydrogen-bond acceptors (Lipinski definition) is 3. The first kappa shape index (κ1) is 12.9. The Kier molecular flexibility index (Phi) is 5.81. The van der Waals surface area contributed by atoms with Crippen LogP contribution in [0.5, 0.6) is 0 Å². The maximum absolute atomic E-state index is 11.5. The van der Waals surface area contributed by atoms with Crippen molar-refractivity contribution in [3.05, 3.63) is 34.2 Å². The molecule has 0 saturated carbocycles. The number of amides is 1. The molecule has 1 heterocycles. The number of aromatic amines is 1. The van der Waals surface area contributed by atoms with Gasteiger partial charge in [0.05, 0.1) is 13.2 Å². The molecule has 16 heavy (non-hydrogen) atoms. The summed E-state index contributed by atoms with van der Waals surface area (Å²) < 4.78 is 5.15. The van der Waals surface area contributed by atoms with E-state index < -0.39 is 0 Å². The van der Waals surface area contributed by atoms with Gasteiger partial charge in [0.2, 0.25) is 0 Å². The molecule has 0 aliphatic carbocycles. The average molecular weight is 289 g/mol. The highest BCUT2D eigenvalue weighted by Gasteiger charge is 2.07. The predicted molar refractivity (Wildman–Crippen MR) is 64.0 cm³/mol. The Bertz CT molecular complexity index is 392. The van der Waals surface area contributed by atoms with Crippen LogP contribution < -0.4 is 10.7 Å². The van der Waals surface area contributed by atoms with Crippen molar-refractivity contribution in [2.24, 2.45) is 0 Å². The van der Waals surface area contributed by atoms with E-state index in [9.17, 15) is 9.59 Å². The molecule has 0 unspecified atom stereocenters. The van der Waals surface area contributed by atoms with Gasteiger partial charge in [-0.05, 0) is 0 Å². The van der Waals surface area contributed by atoms with Gasteiger partial charge in [-0.15, -0.1) is 0 Å². The van der Waals surface area contributed by atoms with Crippen molar-refractivity contribution in [1.29, 1.82) is 0 Å². The molecule has 0 fully saturated rings. The predicted octanol–water partition coefficient (Wildman–Crippen LogP) is 0.516. The van der Waals surface area contributed by atoms with Crippen molar-refractivity contribution in [2.75, 3.05) is 25.1 Å². The van der Waals surface area contributed by atoms with Crippen LogP contribution in [0, 0.1) is 0 Å². The van der Waals surface area contributed by atoms with E-state index in [0.717, 1.165) is 5.33 Å². The average Bonchev–Trinajstić information content (AvgIpc) is 2.29. The molecule has 1 aromatic rings. The molecular formula is C10H13BrN2O3. The molecule has 0 saturated heterocycles. The fourth-order valence-corrected chi connectivity index (χ4v) is 1.31. The lowest BCUT2D eigenvalue weighted by molar-refractivity contribution is 0.0922. The SMILES string of the molecule is O=C(NCCOCCBr)c1c[nH]ccc1=O. The van der Waals surface area contributed by atoms with Crippen molar-refractivity contribution in [3.63, 3.8) is 0 Å². The van der Waals surface area contributed by atoms with Gasteiger partial charge in [-0.25, -0.2) is 0 Å². The molecule has 0 radical (unpaired) electrons. The second-order valence-electron chi connectivity index (χ2n) is 2.98. The van der Waals surface area contributed by atoms with Crippen LogP contribution in [0.25, 0.3) is 0 Å². The molecule has 1 rings (SSSR count). The van der Waals surface area contributed by atoms with Crippen LogP contribution in [-0.2, 0) is 4.74 Å². The number of aromatic nitrogens is 1. The summed E-state index contributed by atoms with van der Waals surface area (Å²) in [6.45, 7) is 1.42. The first-order valence-electron chi connectivity index (χ1n) is 4.84. The summed E-state index contributed by atoms with van der Waals surface area (Å²) in [5, 5.41) is 3.36. The van der Waals surface area contributed by atoms with Crippen LogP contribution in [0.4, 0.5) is 0 Å². The third kappa shape index (κ3) is 4.16. The Morgan fingerprint density at radius 3 is 3.00 bits per heavy atom. The Balaban J connectivity index is 2.36. The second kappa shape index (κ2) is 7.19. The summed E-state index contributed by atoms with van der Waals surface area (Å²) in [4.78, 5) is 25.5. The normalized spacial score (nSPS) is 10.1. The Labute approximate surface area is 101 Å². The van der Waals surface area contributed by atoms with Crippen molar-refractivity contribution in [3.8, 4) is 0 Å². The maximum atomic E-state index is 11.5. The molecule has 2 N–H and O–H groups in total. The third-order valence-corrected chi connectivity index (χ3v) is 2.15. The van der Waals surface area contributed by atoms with Crippen LogP contribution >= 0.6 is 15.9 Å². The van der Waals surface area contributed by atoms with Gasteiger partial charge in [-0.2, -0.15) is 0 Å². The van der Waals surface area contributed by atoms with E-state index in [1.807, 2.05) is 0 Å². The summed E-state index contributed by atoms with van der Waals surface area (Å²) in [5.74, 6) is -0.385. The summed E-state index contributed by atoms with van der Waals surface area (Å²) in [6, 6.07) is 1.32. The zero-order valence-corrected chi connectivity index (χ0v) is 10.2. The van der Waals surface area contributed by atoms with E-state index >= 15 is 0 Å². The summed E-state index contributed by atoms with van der Waals surface area (Å²) in [5.41, 5.74) is -0.180. The lowest BCUT2D eigenvalue weighted by Crippen LogP contribution is -2.31. The molecule has 0 atom stereocenters. The minimum Gasteiger partial charge on any atom is -0.379 e. The molecular weight excluding hydrogens is 276 g/mol. The molecule has 1 aromatic heterocycles. The van der Waals surface area contributed by atoms with E-state index in [2.05, 4.69) is 26.2 Å². The van der Waals surface area contributed by atoms with Crippen molar-refractivity contribution in [1.82, 2.24) is 10.3 Å². The molecule has 88 valence electrons. The van der Waals surface area contributed by atoms with E-state index in [1.165, 1.54) is 18.5 Å². The van der Waals surface area contributed by atoms with Gasteiger partial charge in [0, 0.05) is 30.3 Å². The zero-order chi connectivity index (χ0) is 11.8. The van der Waals surface area contributed by atoms with Gasteiger partial charge in [0.25, 0.3) is 5.91 Å². The number of ether oxygens (including phenoxy) is 1. The summed E-state index contributed by atoms with van der Waals surface area (Å²) >= 11 is 3.22. The molecule has 0 aliphatic heterocycles. The standard InChI is InChI=1S/C10H13BrN2O3/c11-2-5-16-6-4-13-10(15)8-7-12-3-1-9(8)14/h1,3,7H,2,4-6H2,(H,12,14)(H,13,15). The van der Waals surface area contributed by atoms with E-state index in [1.54, 1.807) is 0 Å². The molecule has 6 heteroatoms. The van der Waals surface area contributed by atoms with Crippen molar-refractivity contribution < 1.29 is 9.53 Å². The maximum Gasteiger partial charge on any atom is 0.256 e. The summed E-state index contributed by atoms with van der Waals surface area (Å²) in [6.07, 6.45) is 2.87. The van der Waals surface area contributed by atoms with Crippen molar-refractivity contribution in [2.45, 2.75) is 0 Å². The van der Waals surface area contributed by atoms with Crippen LogP contribution in [0.15, 0.2) is 23.3 Å². The van der Waals surface area contributed by atoms with Crippen LogP contribution in [0.2, 0.25) is 0 Å². The third-order valence-electron chi connectivity index (χ3n) is 1.82. The van der Waals surface area contributed by atoms with Gasteiger partial charge >= 0.3 is 0 Å². The largest absolute Gasteiger partial charge is 0.379 e. The number of halogens is 1. The highest BCUT2D eigenvalue weighted by molar-refractivity contribution is 9.09. The van der Waals surface area contributed by atoms with Gasteiger partial charge in [-0.3, -0.25) is 9.59 Å². The number of hydrogen-bond donors (Lipinski definition) is 2. The smallest absolute Gasteiger partial charge is 0.256 e.